The molecule has 0 saturated heterocycles. The van der Waals surface area contributed by atoms with Gasteiger partial charge in [0.25, 0.3) is 0 Å². The molecule has 0 aliphatic carbocycles. The van der Waals surface area contributed by atoms with Crippen LogP contribution in [0.1, 0.15) is 18.9 Å². The lowest BCUT2D eigenvalue weighted by atomic mass is 10.2. The molecule has 0 aliphatic heterocycles. The molecule has 3 heteroatoms. The molecule has 0 heterocycles. The second kappa shape index (κ2) is 5.15. The van der Waals surface area contributed by atoms with E-state index in [0.717, 1.165) is 15.8 Å². The number of hydrogen-bond donors (Lipinski definition) is 0. The molecule has 1 aromatic rings. The highest BCUT2D eigenvalue weighted by molar-refractivity contribution is 9.10. The van der Waals surface area contributed by atoms with Crippen molar-refractivity contribution in [2.75, 3.05) is 6.61 Å². The Hall–Kier alpha value is -0.830. The Morgan fingerprint density at radius 1 is 1.50 bits per heavy atom. The number of carbonyl (C=O) groups is 1. The molecule has 0 aromatic heterocycles. The first-order valence-electron chi connectivity index (χ1n) is 4.48. The fourth-order valence-corrected chi connectivity index (χ4v) is 1.56. The van der Waals surface area contributed by atoms with Crippen LogP contribution in [0.25, 0.3) is 0 Å². The number of rotatable bonds is 4. The standard InChI is InChI=1S/C11H13BrO2/c1-8-7-10(12)3-4-11(8)14-6-5-9(2)13/h3-4,7H,5-6H2,1-2H3. The number of ether oxygens (including phenoxy) is 1. The lowest BCUT2D eigenvalue weighted by Crippen LogP contribution is -2.03. The van der Waals surface area contributed by atoms with Crippen LogP contribution in [0.4, 0.5) is 0 Å². The molecule has 0 spiro atoms. The topological polar surface area (TPSA) is 26.3 Å². The van der Waals surface area contributed by atoms with Crippen molar-refractivity contribution in [3.8, 4) is 5.75 Å². The molecule has 0 fully saturated rings. The fraction of sp³-hybridized carbons (Fsp3) is 0.364. The van der Waals surface area contributed by atoms with Crippen LogP contribution in [0, 0.1) is 6.92 Å². The molecule has 0 N–H and O–H groups in total. The summed E-state index contributed by atoms with van der Waals surface area (Å²) in [4.78, 5) is 10.7. The first-order valence-corrected chi connectivity index (χ1v) is 5.27. The lowest BCUT2D eigenvalue weighted by molar-refractivity contribution is -0.117. The Bertz CT molecular complexity index is 334. The van der Waals surface area contributed by atoms with Gasteiger partial charge in [0.15, 0.2) is 0 Å². The molecule has 0 amide bonds. The Balaban J connectivity index is 2.55. The highest BCUT2D eigenvalue weighted by atomic mass is 79.9. The van der Waals surface area contributed by atoms with Crippen molar-refractivity contribution in [1.82, 2.24) is 0 Å². The molecular formula is C11H13BrO2. The fourth-order valence-electron chi connectivity index (χ4n) is 1.08. The van der Waals surface area contributed by atoms with Crippen molar-refractivity contribution in [3.05, 3.63) is 28.2 Å². The third kappa shape index (κ3) is 3.50. The van der Waals surface area contributed by atoms with Gasteiger partial charge in [0.1, 0.15) is 11.5 Å². The molecule has 0 radical (unpaired) electrons. The van der Waals surface area contributed by atoms with Crippen LogP contribution in [0.5, 0.6) is 5.75 Å². The van der Waals surface area contributed by atoms with Gasteiger partial charge in [-0.15, -0.1) is 0 Å². The van der Waals surface area contributed by atoms with Crippen LogP contribution in [0.2, 0.25) is 0 Å². The SMILES string of the molecule is CC(=O)CCOc1ccc(Br)cc1C. The van der Waals surface area contributed by atoms with E-state index in [-0.39, 0.29) is 5.78 Å². The largest absolute Gasteiger partial charge is 0.493 e. The number of carbonyl (C=O) groups excluding carboxylic acids is 1. The lowest BCUT2D eigenvalue weighted by Gasteiger charge is -2.07. The number of benzene rings is 1. The van der Waals surface area contributed by atoms with Crippen LogP contribution in [-0.2, 0) is 4.79 Å². The molecule has 0 aliphatic rings. The number of halogens is 1. The second-order valence-corrected chi connectivity index (χ2v) is 4.13. The Kier molecular flexibility index (Phi) is 4.14. The van der Waals surface area contributed by atoms with E-state index in [9.17, 15) is 4.79 Å². The van der Waals surface area contributed by atoms with Crippen LogP contribution in [0.15, 0.2) is 22.7 Å². The summed E-state index contributed by atoms with van der Waals surface area (Å²) in [5.41, 5.74) is 1.07. The maximum absolute atomic E-state index is 10.7. The molecule has 0 atom stereocenters. The van der Waals surface area contributed by atoms with E-state index in [2.05, 4.69) is 15.9 Å². The highest BCUT2D eigenvalue weighted by Crippen LogP contribution is 2.22. The van der Waals surface area contributed by atoms with Crippen LogP contribution in [-0.4, -0.2) is 12.4 Å². The number of hydrogen-bond acceptors (Lipinski definition) is 2. The minimum Gasteiger partial charge on any atom is -0.493 e. The average molecular weight is 257 g/mol. The number of aryl methyl sites for hydroxylation is 1. The van der Waals surface area contributed by atoms with Gasteiger partial charge in [0.2, 0.25) is 0 Å². The quantitative estimate of drug-likeness (QED) is 0.828. The summed E-state index contributed by atoms with van der Waals surface area (Å²) in [6.07, 6.45) is 0.468. The normalized spacial score (nSPS) is 9.93. The van der Waals surface area contributed by atoms with Crippen molar-refractivity contribution in [2.24, 2.45) is 0 Å². The monoisotopic (exact) mass is 256 g/mol. The smallest absolute Gasteiger partial charge is 0.133 e. The van der Waals surface area contributed by atoms with E-state index in [0.29, 0.717) is 13.0 Å². The number of ketones is 1. The maximum Gasteiger partial charge on any atom is 0.133 e. The molecule has 0 unspecified atom stereocenters. The van der Waals surface area contributed by atoms with Gasteiger partial charge >= 0.3 is 0 Å². The first kappa shape index (κ1) is 11.2. The molecule has 2 nitrogen and oxygen atoms in total. The summed E-state index contributed by atoms with van der Waals surface area (Å²) in [6.45, 7) is 4.00. The van der Waals surface area contributed by atoms with Gasteiger partial charge < -0.3 is 4.74 Å². The van der Waals surface area contributed by atoms with E-state index in [1.165, 1.54) is 0 Å². The zero-order chi connectivity index (χ0) is 10.6. The summed E-state index contributed by atoms with van der Waals surface area (Å²) >= 11 is 3.38. The van der Waals surface area contributed by atoms with Crippen LogP contribution < -0.4 is 4.74 Å². The Labute approximate surface area is 92.4 Å². The highest BCUT2D eigenvalue weighted by Gasteiger charge is 2.00. The first-order chi connectivity index (χ1) is 6.59. The molecular weight excluding hydrogens is 244 g/mol. The van der Waals surface area contributed by atoms with E-state index in [1.807, 2.05) is 25.1 Å². The minimum absolute atomic E-state index is 0.153. The molecule has 0 saturated carbocycles. The zero-order valence-corrected chi connectivity index (χ0v) is 9.93. The van der Waals surface area contributed by atoms with Gasteiger partial charge in [0.05, 0.1) is 6.61 Å². The minimum atomic E-state index is 0.153. The summed E-state index contributed by atoms with van der Waals surface area (Å²) < 4.78 is 6.50. The van der Waals surface area contributed by atoms with Gasteiger partial charge in [-0.1, -0.05) is 15.9 Å². The third-order valence-corrected chi connectivity index (χ3v) is 2.34. The average Bonchev–Trinajstić information content (AvgIpc) is 2.08. The van der Waals surface area contributed by atoms with Gasteiger partial charge in [-0.25, -0.2) is 0 Å². The zero-order valence-electron chi connectivity index (χ0n) is 8.34. The van der Waals surface area contributed by atoms with Crippen molar-refractivity contribution < 1.29 is 9.53 Å². The van der Waals surface area contributed by atoms with Gasteiger partial charge in [0, 0.05) is 10.9 Å². The predicted octanol–water partition coefficient (Wildman–Crippen LogP) is 3.12. The number of Topliss-reactive ketones (excluding diaryl/α,β-unsaturated/α-hetero) is 1. The molecule has 1 aromatic carbocycles. The van der Waals surface area contributed by atoms with Crippen molar-refractivity contribution in [2.45, 2.75) is 20.3 Å². The molecule has 14 heavy (non-hydrogen) atoms. The van der Waals surface area contributed by atoms with Crippen molar-refractivity contribution >= 4 is 21.7 Å². The van der Waals surface area contributed by atoms with E-state index in [1.54, 1.807) is 6.92 Å². The van der Waals surface area contributed by atoms with Gasteiger partial charge in [-0.3, -0.25) is 4.79 Å². The molecule has 1 rings (SSSR count). The molecule has 76 valence electrons. The predicted molar refractivity (Wildman–Crippen MR) is 59.7 cm³/mol. The van der Waals surface area contributed by atoms with Crippen molar-refractivity contribution in [3.63, 3.8) is 0 Å². The van der Waals surface area contributed by atoms with E-state index in [4.69, 9.17) is 4.74 Å². The summed E-state index contributed by atoms with van der Waals surface area (Å²) in [5, 5.41) is 0. The van der Waals surface area contributed by atoms with Gasteiger partial charge in [-0.05, 0) is 37.6 Å². The second-order valence-electron chi connectivity index (χ2n) is 3.21. The van der Waals surface area contributed by atoms with E-state index < -0.39 is 0 Å². The summed E-state index contributed by atoms with van der Waals surface area (Å²) in [7, 11) is 0. The van der Waals surface area contributed by atoms with E-state index >= 15 is 0 Å². The summed E-state index contributed by atoms with van der Waals surface area (Å²) in [5.74, 6) is 0.995. The summed E-state index contributed by atoms with van der Waals surface area (Å²) in [6, 6.07) is 5.82. The van der Waals surface area contributed by atoms with Crippen LogP contribution in [0.3, 0.4) is 0 Å². The van der Waals surface area contributed by atoms with Crippen LogP contribution >= 0.6 is 15.9 Å². The van der Waals surface area contributed by atoms with Crippen molar-refractivity contribution in [1.29, 1.82) is 0 Å². The Morgan fingerprint density at radius 2 is 2.21 bits per heavy atom. The maximum atomic E-state index is 10.7. The Morgan fingerprint density at radius 3 is 2.79 bits per heavy atom. The third-order valence-electron chi connectivity index (χ3n) is 1.85. The van der Waals surface area contributed by atoms with Gasteiger partial charge in [-0.2, -0.15) is 0 Å². The molecule has 0 bridgehead atoms.